The summed E-state index contributed by atoms with van der Waals surface area (Å²) in [7, 11) is 0. The van der Waals surface area contributed by atoms with Crippen molar-refractivity contribution in [3.63, 3.8) is 0 Å². The van der Waals surface area contributed by atoms with Crippen molar-refractivity contribution in [3.8, 4) is 11.4 Å². The summed E-state index contributed by atoms with van der Waals surface area (Å²) in [6, 6.07) is 3.61. The average Bonchev–Trinajstić information content (AvgIpc) is 2.78. The van der Waals surface area contributed by atoms with E-state index in [1.54, 1.807) is 10.6 Å². The van der Waals surface area contributed by atoms with E-state index in [1.807, 2.05) is 12.3 Å². The third-order valence-electron chi connectivity index (χ3n) is 2.78. The van der Waals surface area contributed by atoms with Crippen LogP contribution in [0, 0.1) is 4.77 Å². The molecule has 0 unspecified atom stereocenters. The van der Waals surface area contributed by atoms with Crippen LogP contribution in [0.5, 0.6) is 0 Å². The van der Waals surface area contributed by atoms with Crippen molar-refractivity contribution < 1.29 is 0 Å². The second kappa shape index (κ2) is 5.77. The van der Waals surface area contributed by atoms with E-state index in [2.05, 4.69) is 22.1 Å². The maximum Gasteiger partial charge on any atom is 0.261 e. The number of aromatic amines is 2. The van der Waals surface area contributed by atoms with Gasteiger partial charge in [-0.15, -0.1) is 0 Å². The van der Waals surface area contributed by atoms with Gasteiger partial charge in [-0.1, -0.05) is 19.8 Å². The molecule has 2 aromatic heterocycles. The van der Waals surface area contributed by atoms with Crippen molar-refractivity contribution in [2.45, 2.75) is 32.7 Å². The number of H-pyrrole nitrogens is 2. The molecule has 0 saturated carbocycles. The summed E-state index contributed by atoms with van der Waals surface area (Å²) in [6.07, 6.45) is 5.08. The Bertz CT molecular complexity index is 625. The summed E-state index contributed by atoms with van der Waals surface area (Å²) in [6.45, 7) is 2.88. The molecule has 18 heavy (non-hydrogen) atoms. The summed E-state index contributed by atoms with van der Waals surface area (Å²) < 4.78 is 2.07. The number of nitrogens with zero attached hydrogens (tertiary/aromatic N) is 2. The predicted molar refractivity (Wildman–Crippen MR) is 73.0 cm³/mol. The van der Waals surface area contributed by atoms with Gasteiger partial charge in [0.2, 0.25) is 4.77 Å². The second-order valence-electron chi connectivity index (χ2n) is 4.14. The number of aryl methyl sites for hydroxylation is 1. The van der Waals surface area contributed by atoms with Gasteiger partial charge in [0, 0.05) is 12.7 Å². The molecule has 0 atom stereocenters. The van der Waals surface area contributed by atoms with Crippen LogP contribution < -0.4 is 5.56 Å². The highest BCUT2D eigenvalue weighted by atomic mass is 32.1. The average molecular weight is 264 g/mol. The van der Waals surface area contributed by atoms with Crippen LogP contribution in [0.3, 0.4) is 0 Å². The summed E-state index contributed by atoms with van der Waals surface area (Å²) in [5, 5.41) is 5.50. The first-order valence-corrected chi connectivity index (χ1v) is 6.47. The minimum absolute atomic E-state index is 0.0358. The Labute approximate surface area is 110 Å². The van der Waals surface area contributed by atoms with Gasteiger partial charge in [0.15, 0.2) is 5.82 Å². The number of hydrogen-bond donors (Lipinski definition) is 2. The molecular weight excluding hydrogens is 248 g/mol. The molecule has 0 fully saturated rings. The van der Waals surface area contributed by atoms with Crippen molar-refractivity contribution in [3.05, 3.63) is 33.5 Å². The zero-order valence-corrected chi connectivity index (χ0v) is 11.1. The number of nitrogens with one attached hydrogen (secondary N) is 2. The first-order valence-electron chi connectivity index (χ1n) is 6.07. The predicted octanol–water partition coefficient (Wildman–Crippen LogP) is 2.49. The van der Waals surface area contributed by atoms with Gasteiger partial charge in [-0.25, -0.2) is 0 Å². The molecule has 0 aliphatic rings. The number of rotatable bonds is 5. The molecule has 0 saturated heterocycles. The van der Waals surface area contributed by atoms with Crippen LogP contribution in [-0.4, -0.2) is 19.7 Å². The highest BCUT2D eigenvalue weighted by Crippen LogP contribution is 2.08. The molecule has 2 aromatic rings. The third-order valence-corrected chi connectivity index (χ3v) is 2.97. The van der Waals surface area contributed by atoms with Crippen molar-refractivity contribution in [2.24, 2.45) is 0 Å². The van der Waals surface area contributed by atoms with E-state index >= 15 is 0 Å². The Morgan fingerprint density at radius 2 is 2.22 bits per heavy atom. The largest absolute Gasteiger partial charge is 0.315 e. The van der Waals surface area contributed by atoms with Crippen molar-refractivity contribution in [1.82, 2.24) is 19.7 Å². The van der Waals surface area contributed by atoms with E-state index in [0.717, 1.165) is 25.8 Å². The Balaban J connectivity index is 2.30. The number of hydrogen-bond acceptors (Lipinski definition) is 3. The minimum Gasteiger partial charge on any atom is -0.315 e. The quantitative estimate of drug-likeness (QED) is 0.644. The van der Waals surface area contributed by atoms with E-state index in [4.69, 9.17) is 12.2 Å². The van der Waals surface area contributed by atoms with Crippen molar-refractivity contribution >= 4 is 12.2 Å². The highest BCUT2D eigenvalue weighted by Gasteiger charge is 2.08. The topological polar surface area (TPSA) is 66.5 Å². The van der Waals surface area contributed by atoms with Crippen molar-refractivity contribution in [2.75, 3.05) is 0 Å². The van der Waals surface area contributed by atoms with Gasteiger partial charge >= 0.3 is 0 Å². The SMILES string of the molecule is CCCCCn1cccc(-c2nc(=S)[nH][nH]2)c1=O. The molecule has 6 heteroatoms. The molecule has 2 N–H and O–H groups in total. The van der Waals surface area contributed by atoms with Crippen LogP contribution in [0.25, 0.3) is 11.4 Å². The fourth-order valence-electron chi connectivity index (χ4n) is 1.82. The number of unbranched alkanes of at least 4 members (excludes halogenated alkanes) is 2. The summed E-state index contributed by atoms with van der Waals surface area (Å²) in [5.74, 6) is 0.495. The molecule has 0 aliphatic carbocycles. The van der Waals surface area contributed by atoms with Crippen LogP contribution in [0.1, 0.15) is 26.2 Å². The molecule has 96 valence electrons. The minimum atomic E-state index is -0.0358. The van der Waals surface area contributed by atoms with E-state index in [1.165, 1.54) is 0 Å². The molecule has 0 bridgehead atoms. The summed E-state index contributed by atoms with van der Waals surface area (Å²) >= 11 is 4.89. The monoisotopic (exact) mass is 264 g/mol. The van der Waals surface area contributed by atoms with Crippen LogP contribution in [0.4, 0.5) is 0 Å². The Hall–Kier alpha value is -1.69. The molecular formula is C12H16N4OS. The van der Waals surface area contributed by atoms with Crippen molar-refractivity contribution in [1.29, 1.82) is 0 Å². The lowest BCUT2D eigenvalue weighted by atomic mass is 10.2. The summed E-state index contributed by atoms with van der Waals surface area (Å²) in [5.41, 5.74) is 0.507. The lowest BCUT2D eigenvalue weighted by Gasteiger charge is -2.06. The van der Waals surface area contributed by atoms with Gasteiger partial charge in [-0.2, -0.15) is 4.98 Å². The van der Waals surface area contributed by atoms with Gasteiger partial charge in [0.05, 0.1) is 5.56 Å². The standard InChI is InChI=1S/C12H16N4OS/c1-2-3-4-7-16-8-5-6-9(11(16)17)10-13-12(18)15-14-10/h5-6,8H,2-4,7H2,1H3,(H2,13,14,15,18). The molecule has 0 aromatic carbocycles. The smallest absolute Gasteiger partial charge is 0.261 e. The normalized spacial score (nSPS) is 10.7. The number of aromatic nitrogens is 4. The van der Waals surface area contributed by atoms with Gasteiger partial charge in [-0.05, 0) is 30.8 Å². The molecule has 0 aliphatic heterocycles. The lowest BCUT2D eigenvalue weighted by Crippen LogP contribution is -2.21. The lowest BCUT2D eigenvalue weighted by molar-refractivity contribution is 0.588. The van der Waals surface area contributed by atoms with Gasteiger partial charge in [-0.3, -0.25) is 15.0 Å². The van der Waals surface area contributed by atoms with E-state index in [0.29, 0.717) is 16.2 Å². The van der Waals surface area contributed by atoms with E-state index in [9.17, 15) is 4.79 Å². The van der Waals surface area contributed by atoms with Gasteiger partial charge in [0.25, 0.3) is 5.56 Å². The first kappa shape index (κ1) is 12.8. The third kappa shape index (κ3) is 2.76. The molecule has 0 radical (unpaired) electrons. The van der Waals surface area contributed by atoms with E-state index < -0.39 is 0 Å². The van der Waals surface area contributed by atoms with Crippen LogP contribution in [-0.2, 0) is 6.54 Å². The molecule has 0 spiro atoms. The van der Waals surface area contributed by atoms with Crippen LogP contribution in [0.15, 0.2) is 23.1 Å². The van der Waals surface area contributed by atoms with Gasteiger partial charge in [0.1, 0.15) is 0 Å². The first-order chi connectivity index (χ1) is 8.72. The van der Waals surface area contributed by atoms with Crippen LogP contribution >= 0.6 is 12.2 Å². The molecule has 2 heterocycles. The zero-order chi connectivity index (χ0) is 13.0. The van der Waals surface area contributed by atoms with Gasteiger partial charge < -0.3 is 4.57 Å². The summed E-state index contributed by atoms with van der Waals surface area (Å²) in [4.78, 5) is 16.3. The maximum absolute atomic E-state index is 12.2. The fourth-order valence-corrected chi connectivity index (χ4v) is 1.97. The molecule has 2 rings (SSSR count). The Kier molecular flexibility index (Phi) is 4.09. The molecule has 5 nitrogen and oxygen atoms in total. The van der Waals surface area contributed by atoms with E-state index in [-0.39, 0.29) is 5.56 Å². The molecule has 0 amide bonds. The Morgan fingerprint density at radius 3 is 2.89 bits per heavy atom. The maximum atomic E-state index is 12.2. The van der Waals surface area contributed by atoms with Crippen LogP contribution in [0.2, 0.25) is 0 Å². The second-order valence-corrected chi connectivity index (χ2v) is 4.53. The number of pyridine rings is 1. The Morgan fingerprint density at radius 1 is 1.39 bits per heavy atom. The highest BCUT2D eigenvalue weighted by molar-refractivity contribution is 7.71. The fraction of sp³-hybridized carbons (Fsp3) is 0.417. The zero-order valence-electron chi connectivity index (χ0n) is 10.3.